The highest BCUT2D eigenvalue weighted by Crippen LogP contribution is 2.33. The van der Waals surface area contributed by atoms with Crippen LogP contribution in [-0.4, -0.2) is 4.98 Å². The van der Waals surface area contributed by atoms with Crippen LogP contribution in [0.25, 0.3) is 0 Å². The highest BCUT2D eigenvalue weighted by Gasteiger charge is 2.32. The molecule has 0 aliphatic heterocycles. The van der Waals surface area contributed by atoms with Crippen LogP contribution in [0.5, 0.6) is 0 Å². The summed E-state index contributed by atoms with van der Waals surface area (Å²) in [6.07, 6.45) is -4.43. The third-order valence-corrected chi connectivity index (χ3v) is 3.18. The molecule has 0 radical (unpaired) electrons. The van der Waals surface area contributed by atoms with Crippen LogP contribution in [0.2, 0.25) is 0 Å². The Morgan fingerprint density at radius 3 is 2.39 bits per heavy atom. The molecule has 1 heterocycles. The zero-order valence-electron chi connectivity index (χ0n) is 9.11. The average Bonchev–Trinajstić information content (AvgIpc) is 2.31. The quantitative estimate of drug-likeness (QED) is 0.843. The Bertz CT molecular complexity index is 555. The second-order valence-electron chi connectivity index (χ2n) is 3.50. The van der Waals surface area contributed by atoms with Gasteiger partial charge in [0.15, 0.2) is 0 Å². The smallest absolute Gasteiger partial charge is 0.398 e. The molecule has 0 bridgehead atoms. The number of para-hydroxylation sites is 1. The van der Waals surface area contributed by atoms with E-state index in [1.165, 1.54) is 12.1 Å². The SMILES string of the molecule is Nc1ccccc1Sc1cccc(C(F)(F)F)n1. The summed E-state index contributed by atoms with van der Waals surface area (Å²) < 4.78 is 37.5. The van der Waals surface area contributed by atoms with E-state index in [1.54, 1.807) is 24.3 Å². The van der Waals surface area contributed by atoms with Crippen LogP contribution in [0.3, 0.4) is 0 Å². The minimum atomic E-state index is -4.43. The van der Waals surface area contributed by atoms with Crippen molar-refractivity contribution in [3.8, 4) is 0 Å². The molecule has 2 aromatic rings. The van der Waals surface area contributed by atoms with Gasteiger partial charge in [-0.15, -0.1) is 0 Å². The van der Waals surface area contributed by atoms with E-state index in [-0.39, 0.29) is 5.03 Å². The minimum Gasteiger partial charge on any atom is -0.398 e. The average molecular weight is 270 g/mol. The number of rotatable bonds is 2. The third-order valence-electron chi connectivity index (χ3n) is 2.15. The van der Waals surface area contributed by atoms with Gasteiger partial charge in [0.25, 0.3) is 0 Å². The monoisotopic (exact) mass is 270 g/mol. The van der Waals surface area contributed by atoms with Crippen LogP contribution in [0.4, 0.5) is 18.9 Å². The Morgan fingerprint density at radius 1 is 1.00 bits per heavy atom. The van der Waals surface area contributed by atoms with Gasteiger partial charge in [0.05, 0.1) is 0 Å². The van der Waals surface area contributed by atoms with Gasteiger partial charge in [-0.2, -0.15) is 13.2 Å². The molecule has 0 saturated carbocycles. The first kappa shape index (κ1) is 12.8. The van der Waals surface area contributed by atoms with E-state index in [0.29, 0.717) is 10.6 Å². The van der Waals surface area contributed by atoms with Crippen molar-refractivity contribution in [2.24, 2.45) is 0 Å². The Balaban J connectivity index is 2.28. The van der Waals surface area contributed by atoms with Crippen molar-refractivity contribution in [2.45, 2.75) is 16.1 Å². The van der Waals surface area contributed by atoms with Gasteiger partial charge < -0.3 is 5.73 Å². The molecule has 0 amide bonds. The summed E-state index contributed by atoms with van der Waals surface area (Å²) in [5.74, 6) is 0. The first-order chi connectivity index (χ1) is 8.47. The number of anilines is 1. The lowest BCUT2D eigenvalue weighted by Crippen LogP contribution is -2.07. The number of hydrogen-bond acceptors (Lipinski definition) is 3. The summed E-state index contributed by atoms with van der Waals surface area (Å²) in [5.41, 5.74) is 5.34. The number of alkyl halides is 3. The minimum absolute atomic E-state index is 0.266. The maximum absolute atomic E-state index is 12.5. The number of hydrogen-bond donors (Lipinski definition) is 1. The van der Waals surface area contributed by atoms with E-state index in [1.807, 2.05) is 0 Å². The van der Waals surface area contributed by atoms with Crippen LogP contribution in [0.15, 0.2) is 52.4 Å². The fourth-order valence-corrected chi connectivity index (χ4v) is 2.16. The molecule has 2 nitrogen and oxygen atoms in total. The Hall–Kier alpha value is -1.69. The van der Waals surface area contributed by atoms with Crippen molar-refractivity contribution in [1.29, 1.82) is 0 Å². The lowest BCUT2D eigenvalue weighted by atomic mass is 10.3. The van der Waals surface area contributed by atoms with E-state index in [0.717, 1.165) is 17.8 Å². The summed E-state index contributed by atoms with van der Waals surface area (Å²) in [6.45, 7) is 0. The van der Waals surface area contributed by atoms with Gasteiger partial charge in [0, 0.05) is 10.6 Å². The molecule has 0 saturated heterocycles. The molecule has 0 fully saturated rings. The van der Waals surface area contributed by atoms with Gasteiger partial charge in [-0.05, 0) is 24.3 Å². The molecule has 2 N–H and O–H groups in total. The number of benzene rings is 1. The molecular formula is C12H9F3N2S. The highest BCUT2D eigenvalue weighted by atomic mass is 32.2. The first-order valence-electron chi connectivity index (χ1n) is 5.03. The van der Waals surface area contributed by atoms with Crippen LogP contribution < -0.4 is 5.73 Å². The lowest BCUT2D eigenvalue weighted by molar-refractivity contribution is -0.141. The van der Waals surface area contributed by atoms with Crippen LogP contribution in [0.1, 0.15) is 5.69 Å². The number of aromatic nitrogens is 1. The molecule has 0 aliphatic rings. The maximum atomic E-state index is 12.5. The second-order valence-corrected chi connectivity index (χ2v) is 4.56. The zero-order chi connectivity index (χ0) is 13.2. The molecule has 0 spiro atoms. The molecule has 6 heteroatoms. The van der Waals surface area contributed by atoms with E-state index < -0.39 is 11.9 Å². The number of nitrogen functional groups attached to an aromatic ring is 1. The molecule has 18 heavy (non-hydrogen) atoms. The second kappa shape index (κ2) is 4.89. The fraction of sp³-hybridized carbons (Fsp3) is 0.0833. The van der Waals surface area contributed by atoms with Gasteiger partial charge in [-0.1, -0.05) is 30.0 Å². The van der Waals surface area contributed by atoms with Crippen molar-refractivity contribution in [1.82, 2.24) is 4.98 Å². The first-order valence-corrected chi connectivity index (χ1v) is 5.85. The topological polar surface area (TPSA) is 38.9 Å². The van der Waals surface area contributed by atoms with E-state index in [4.69, 9.17) is 5.73 Å². The molecule has 0 unspecified atom stereocenters. The predicted octanol–water partition coefficient (Wildman–Crippen LogP) is 3.83. The third kappa shape index (κ3) is 2.95. The van der Waals surface area contributed by atoms with Gasteiger partial charge in [-0.3, -0.25) is 0 Å². The molecular weight excluding hydrogens is 261 g/mol. The molecule has 0 atom stereocenters. The van der Waals surface area contributed by atoms with E-state index in [9.17, 15) is 13.2 Å². The van der Waals surface area contributed by atoms with Gasteiger partial charge in [0.2, 0.25) is 0 Å². The Morgan fingerprint density at radius 2 is 1.72 bits per heavy atom. The van der Waals surface area contributed by atoms with Gasteiger partial charge >= 0.3 is 6.18 Å². The molecule has 94 valence electrons. The normalized spacial score (nSPS) is 11.5. The standard InChI is InChI=1S/C12H9F3N2S/c13-12(14,15)10-6-3-7-11(17-10)18-9-5-2-1-4-8(9)16/h1-7H,16H2. The lowest BCUT2D eigenvalue weighted by Gasteiger charge is -2.08. The Kier molecular flexibility index (Phi) is 3.47. The van der Waals surface area contributed by atoms with Crippen LogP contribution in [0, 0.1) is 0 Å². The molecule has 1 aromatic heterocycles. The summed E-state index contributed by atoms with van der Waals surface area (Å²) in [7, 11) is 0. The summed E-state index contributed by atoms with van der Waals surface area (Å²) in [4.78, 5) is 4.25. The van der Waals surface area contributed by atoms with Crippen LogP contribution in [-0.2, 0) is 6.18 Å². The number of halogens is 3. The van der Waals surface area contributed by atoms with Gasteiger partial charge in [0.1, 0.15) is 10.7 Å². The zero-order valence-corrected chi connectivity index (χ0v) is 9.92. The van der Waals surface area contributed by atoms with E-state index >= 15 is 0 Å². The Labute approximate surface area is 106 Å². The van der Waals surface area contributed by atoms with Crippen molar-refractivity contribution in [3.63, 3.8) is 0 Å². The van der Waals surface area contributed by atoms with Gasteiger partial charge in [-0.25, -0.2) is 4.98 Å². The predicted molar refractivity (Wildman–Crippen MR) is 64.2 cm³/mol. The summed E-state index contributed by atoms with van der Waals surface area (Å²) in [5, 5.41) is 0.266. The van der Waals surface area contributed by atoms with Crippen LogP contribution >= 0.6 is 11.8 Å². The summed E-state index contributed by atoms with van der Waals surface area (Å²) >= 11 is 1.11. The molecule has 0 aliphatic carbocycles. The fourth-order valence-electron chi connectivity index (χ4n) is 1.32. The highest BCUT2D eigenvalue weighted by molar-refractivity contribution is 7.99. The molecule has 2 rings (SSSR count). The van der Waals surface area contributed by atoms with Crippen molar-refractivity contribution in [3.05, 3.63) is 48.2 Å². The number of nitrogens with zero attached hydrogens (tertiary/aromatic N) is 1. The van der Waals surface area contributed by atoms with Crippen molar-refractivity contribution < 1.29 is 13.2 Å². The maximum Gasteiger partial charge on any atom is 0.433 e. The van der Waals surface area contributed by atoms with Crippen molar-refractivity contribution in [2.75, 3.05) is 5.73 Å². The van der Waals surface area contributed by atoms with Crippen molar-refractivity contribution >= 4 is 17.4 Å². The summed E-state index contributed by atoms with van der Waals surface area (Å²) in [6, 6.07) is 10.8. The number of nitrogens with two attached hydrogens (primary N) is 1. The number of pyridine rings is 1. The molecule has 1 aromatic carbocycles. The van der Waals surface area contributed by atoms with E-state index in [2.05, 4.69) is 4.98 Å². The largest absolute Gasteiger partial charge is 0.433 e.